The van der Waals surface area contributed by atoms with Crippen LogP contribution in [0.1, 0.15) is 18.9 Å². The van der Waals surface area contributed by atoms with Gasteiger partial charge in [-0.15, -0.1) is 0 Å². The maximum absolute atomic E-state index is 14.1. The predicted molar refractivity (Wildman–Crippen MR) is 85.5 cm³/mol. The lowest BCUT2D eigenvalue weighted by Gasteiger charge is -2.14. The molecular formula is C17H20FNOS. The van der Waals surface area contributed by atoms with Gasteiger partial charge >= 0.3 is 0 Å². The molecule has 0 saturated heterocycles. The highest BCUT2D eigenvalue weighted by atomic mass is 32.2. The molecule has 0 saturated carbocycles. The van der Waals surface area contributed by atoms with Crippen LogP contribution in [0.2, 0.25) is 0 Å². The maximum atomic E-state index is 14.1. The Labute approximate surface area is 129 Å². The highest BCUT2D eigenvalue weighted by molar-refractivity contribution is 7.99. The average Bonchev–Trinajstić information content (AvgIpc) is 2.51. The van der Waals surface area contributed by atoms with E-state index in [4.69, 9.17) is 10.5 Å². The molecular weight excluding hydrogens is 285 g/mol. The van der Waals surface area contributed by atoms with Crippen molar-refractivity contribution in [3.63, 3.8) is 0 Å². The summed E-state index contributed by atoms with van der Waals surface area (Å²) in [5.74, 6) is 0.629. The first-order valence-electron chi connectivity index (χ1n) is 6.99. The summed E-state index contributed by atoms with van der Waals surface area (Å²) < 4.78 is 19.2. The number of nitrogens with two attached hydrogens (primary N) is 1. The Bertz CT molecular complexity index is 586. The van der Waals surface area contributed by atoms with Crippen molar-refractivity contribution in [1.29, 1.82) is 0 Å². The number of benzene rings is 2. The zero-order chi connectivity index (χ0) is 15.2. The number of hydrogen-bond acceptors (Lipinski definition) is 3. The summed E-state index contributed by atoms with van der Waals surface area (Å²) in [6.07, 6.45) is 1.39. The van der Waals surface area contributed by atoms with E-state index < -0.39 is 0 Å². The summed E-state index contributed by atoms with van der Waals surface area (Å²) in [6, 6.07) is 12.9. The van der Waals surface area contributed by atoms with Crippen molar-refractivity contribution in [3.8, 4) is 5.75 Å². The van der Waals surface area contributed by atoms with E-state index in [0.29, 0.717) is 12.0 Å². The van der Waals surface area contributed by atoms with Gasteiger partial charge in [0, 0.05) is 21.4 Å². The van der Waals surface area contributed by atoms with E-state index in [0.717, 1.165) is 22.0 Å². The number of hydrogen-bond donors (Lipinski definition) is 1. The zero-order valence-electron chi connectivity index (χ0n) is 12.3. The number of rotatable bonds is 6. The Hall–Kier alpha value is -1.52. The molecule has 0 bridgehead atoms. The van der Waals surface area contributed by atoms with Crippen molar-refractivity contribution in [2.75, 3.05) is 7.11 Å². The fraction of sp³-hybridized carbons (Fsp3) is 0.294. The molecule has 0 spiro atoms. The Kier molecular flexibility index (Phi) is 5.65. The normalized spacial score (nSPS) is 12.2. The molecule has 1 unspecified atom stereocenters. The minimum atomic E-state index is -0.183. The highest BCUT2D eigenvalue weighted by Crippen LogP contribution is 2.33. The zero-order valence-corrected chi connectivity index (χ0v) is 13.1. The van der Waals surface area contributed by atoms with Crippen molar-refractivity contribution in [2.45, 2.75) is 35.6 Å². The van der Waals surface area contributed by atoms with Gasteiger partial charge in [-0.3, -0.25) is 0 Å². The molecule has 1 atom stereocenters. The molecule has 2 rings (SSSR count). The summed E-state index contributed by atoms with van der Waals surface area (Å²) in [5, 5.41) is 0. The fourth-order valence-electron chi connectivity index (χ4n) is 2.01. The molecule has 0 aliphatic heterocycles. The van der Waals surface area contributed by atoms with Crippen LogP contribution in [0.3, 0.4) is 0 Å². The Balaban J connectivity index is 2.23. The molecule has 2 aromatic rings. The Morgan fingerprint density at radius 1 is 1.19 bits per heavy atom. The molecule has 0 aliphatic rings. The quantitative estimate of drug-likeness (QED) is 0.866. The third-order valence-corrected chi connectivity index (χ3v) is 4.46. The topological polar surface area (TPSA) is 35.2 Å². The molecule has 0 radical (unpaired) electrons. The van der Waals surface area contributed by atoms with Gasteiger partial charge < -0.3 is 10.5 Å². The summed E-state index contributed by atoms with van der Waals surface area (Å²) in [7, 11) is 1.64. The van der Waals surface area contributed by atoms with Crippen LogP contribution < -0.4 is 10.5 Å². The first-order valence-corrected chi connectivity index (χ1v) is 7.80. The van der Waals surface area contributed by atoms with Crippen molar-refractivity contribution in [3.05, 3.63) is 53.8 Å². The van der Waals surface area contributed by atoms with E-state index in [1.165, 1.54) is 6.07 Å². The van der Waals surface area contributed by atoms with Crippen LogP contribution in [-0.4, -0.2) is 13.2 Å². The molecule has 0 heterocycles. The predicted octanol–water partition coefficient (Wildman–Crippen LogP) is 4.27. The number of halogens is 1. The molecule has 2 aromatic carbocycles. The molecule has 2 N–H and O–H groups in total. The summed E-state index contributed by atoms with van der Waals surface area (Å²) in [5.41, 5.74) is 6.68. The average molecular weight is 305 g/mol. The lowest BCUT2D eigenvalue weighted by Crippen LogP contribution is -2.22. The van der Waals surface area contributed by atoms with Crippen LogP contribution in [0.15, 0.2) is 52.3 Å². The van der Waals surface area contributed by atoms with Crippen LogP contribution in [0.25, 0.3) is 0 Å². The highest BCUT2D eigenvalue weighted by Gasteiger charge is 2.12. The Morgan fingerprint density at radius 3 is 2.52 bits per heavy atom. The van der Waals surface area contributed by atoms with Gasteiger partial charge in [-0.05, 0) is 49.2 Å². The maximum Gasteiger partial charge on any atom is 0.127 e. The molecule has 0 amide bonds. The van der Waals surface area contributed by atoms with E-state index >= 15 is 0 Å². The van der Waals surface area contributed by atoms with Gasteiger partial charge in [0.1, 0.15) is 11.6 Å². The van der Waals surface area contributed by atoms with Gasteiger partial charge in [0.2, 0.25) is 0 Å². The van der Waals surface area contributed by atoms with Crippen molar-refractivity contribution >= 4 is 11.8 Å². The summed E-state index contributed by atoms with van der Waals surface area (Å²) in [6.45, 7) is 2.02. The van der Waals surface area contributed by atoms with Crippen molar-refractivity contribution in [1.82, 2.24) is 0 Å². The second-order valence-corrected chi connectivity index (χ2v) is 5.98. The van der Waals surface area contributed by atoms with Crippen LogP contribution in [0.5, 0.6) is 5.75 Å². The first-order chi connectivity index (χ1) is 10.1. The minimum absolute atomic E-state index is 0.0166. The second kappa shape index (κ2) is 7.48. The smallest absolute Gasteiger partial charge is 0.127 e. The van der Waals surface area contributed by atoms with Crippen molar-refractivity contribution < 1.29 is 9.13 Å². The lowest BCUT2D eigenvalue weighted by molar-refractivity contribution is 0.414. The molecule has 2 nitrogen and oxygen atoms in total. The SMILES string of the molecule is CCC(N)Cc1c(F)cccc1Sc1ccc(OC)cc1. The van der Waals surface area contributed by atoms with Crippen molar-refractivity contribution in [2.24, 2.45) is 5.73 Å². The molecule has 4 heteroatoms. The fourth-order valence-corrected chi connectivity index (χ4v) is 2.99. The number of ether oxygens (including phenoxy) is 1. The van der Waals surface area contributed by atoms with E-state index in [1.807, 2.05) is 37.3 Å². The van der Waals surface area contributed by atoms with Gasteiger partial charge in [0.15, 0.2) is 0 Å². The van der Waals surface area contributed by atoms with Gasteiger partial charge in [-0.1, -0.05) is 24.8 Å². The number of methoxy groups -OCH3 is 1. The van der Waals surface area contributed by atoms with Gasteiger partial charge in [-0.2, -0.15) is 0 Å². The molecule has 0 fully saturated rings. The van der Waals surface area contributed by atoms with E-state index in [2.05, 4.69) is 0 Å². The van der Waals surface area contributed by atoms with E-state index in [1.54, 1.807) is 24.9 Å². The minimum Gasteiger partial charge on any atom is -0.497 e. The summed E-state index contributed by atoms with van der Waals surface area (Å²) in [4.78, 5) is 1.97. The molecule has 0 aliphatic carbocycles. The molecule has 0 aromatic heterocycles. The van der Waals surface area contributed by atoms with Crippen LogP contribution in [-0.2, 0) is 6.42 Å². The van der Waals surface area contributed by atoms with Crippen LogP contribution in [0, 0.1) is 5.82 Å². The Morgan fingerprint density at radius 2 is 1.90 bits per heavy atom. The third-order valence-electron chi connectivity index (χ3n) is 3.35. The second-order valence-electron chi connectivity index (χ2n) is 4.87. The van der Waals surface area contributed by atoms with Gasteiger partial charge in [-0.25, -0.2) is 4.39 Å². The molecule has 21 heavy (non-hydrogen) atoms. The monoisotopic (exact) mass is 305 g/mol. The molecule has 112 valence electrons. The van der Waals surface area contributed by atoms with E-state index in [9.17, 15) is 4.39 Å². The standard InChI is InChI=1S/C17H20FNOS/c1-3-12(19)11-15-16(18)5-4-6-17(15)21-14-9-7-13(20-2)8-10-14/h4-10,12H,3,11,19H2,1-2H3. The van der Waals surface area contributed by atoms with Crippen LogP contribution in [0.4, 0.5) is 4.39 Å². The largest absolute Gasteiger partial charge is 0.497 e. The lowest BCUT2D eigenvalue weighted by atomic mass is 10.0. The van der Waals surface area contributed by atoms with E-state index in [-0.39, 0.29) is 11.9 Å². The summed E-state index contributed by atoms with van der Waals surface area (Å²) >= 11 is 1.55. The first kappa shape index (κ1) is 15.9. The van der Waals surface area contributed by atoms with Gasteiger partial charge in [0.05, 0.1) is 7.11 Å². The van der Waals surface area contributed by atoms with Gasteiger partial charge in [0.25, 0.3) is 0 Å². The van der Waals surface area contributed by atoms with Crippen LogP contribution >= 0.6 is 11.8 Å². The third kappa shape index (κ3) is 4.22.